The van der Waals surface area contributed by atoms with E-state index in [4.69, 9.17) is 9.31 Å². The van der Waals surface area contributed by atoms with Gasteiger partial charge in [0.05, 0.1) is 16.8 Å². The minimum Gasteiger partial charge on any atom is -0.478 e. The molecule has 0 saturated carbocycles. The SMILES string of the molecule is CC(=O)NCC(=Cc1ccc(F)cc1C(=O)O)B1OC(C)(C)C(C)(C)O1. The number of carbonyl (C=O) groups excluding carboxylic acids is 1. The van der Waals surface area contributed by atoms with Gasteiger partial charge in [0.1, 0.15) is 5.82 Å². The van der Waals surface area contributed by atoms with Crippen molar-refractivity contribution in [2.24, 2.45) is 0 Å². The summed E-state index contributed by atoms with van der Waals surface area (Å²) in [6.07, 6.45) is 1.56. The molecular formula is C18H23BFNO5. The van der Waals surface area contributed by atoms with Gasteiger partial charge in [-0.1, -0.05) is 12.1 Å². The highest BCUT2D eigenvalue weighted by atomic mass is 19.1. The Kier molecular flexibility index (Phi) is 5.58. The summed E-state index contributed by atoms with van der Waals surface area (Å²) in [6, 6.07) is 3.50. The van der Waals surface area contributed by atoms with E-state index < -0.39 is 30.1 Å². The van der Waals surface area contributed by atoms with Crippen molar-refractivity contribution in [3.8, 4) is 0 Å². The molecule has 0 aliphatic carbocycles. The highest BCUT2D eigenvalue weighted by Crippen LogP contribution is 2.38. The predicted octanol–water partition coefficient (Wildman–Crippen LogP) is 2.67. The fourth-order valence-corrected chi connectivity index (χ4v) is 2.46. The van der Waals surface area contributed by atoms with Crippen LogP contribution in [0.3, 0.4) is 0 Å². The monoisotopic (exact) mass is 363 g/mol. The third-order valence-corrected chi connectivity index (χ3v) is 4.68. The maximum atomic E-state index is 13.4. The van der Waals surface area contributed by atoms with Crippen molar-refractivity contribution in [2.45, 2.75) is 45.8 Å². The van der Waals surface area contributed by atoms with Crippen LogP contribution in [0.2, 0.25) is 0 Å². The van der Waals surface area contributed by atoms with E-state index in [0.29, 0.717) is 11.0 Å². The fourth-order valence-electron chi connectivity index (χ4n) is 2.46. The van der Waals surface area contributed by atoms with E-state index in [2.05, 4.69) is 5.32 Å². The lowest BCUT2D eigenvalue weighted by Gasteiger charge is -2.32. The van der Waals surface area contributed by atoms with Crippen molar-refractivity contribution in [2.75, 3.05) is 6.54 Å². The number of halogens is 1. The summed E-state index contributed by atoms with van der Waals surface area (Å²) in [5, 5.41) is 12.0. The first-order valence-corrected chi connectivity index (χ1v) is 8.26. The van der Waals surface area contributed by atoms with E-state index in [1.807, 2.05) is 27.7 Å². The standard InChI is InChI=1S/C18H23BFNO5/c1-11(22)21-10-13(19-25-17(2,3)18(4,5)26-19)8-12-6-7-14(20)9-15(12)16(23)24/h6-9H,10H2,1-5H3,(H,21,22)(H,23,24). The Morgan fingerprint density at radius 2 is 1.81 bits per heavy atom. The number of hydrogen-bond acceptors (Lipinski definition) is 4. The molecular weight excluding hydrogens is 340 g/mol. The zero-order chi connectivity index (χ0) is 19.7. The van der Waals surface area contributed by atoms with Gasteiger partial charge < -0.3 is 19.7 Å². The van der Waals surface area contributed by atoms with Crippen LogP contribution in [0, 0.1) is 5.82 Å². The molecule has 1 aliphatic heterocycles. The Morgan fingerprint density at radius 3 is 2.31 bits per heavy atom. The van der Waals surface area contributed by atoms with Gasteiger partial charge in [-0.25, -0.2) is 9.18 Å². The first-order valence-electron chi connectivity index (χ1n) is 8.26. The van der Waals surface area contributed by atoms with Gasteiger partial charge in [-0.2, -0.15) is 0 Å². The Morgan fingerprint density at radius 1 is 1.23 bits per heavy atom. The van der Waals surface area contributed by atoms with Gasteiger partial charge in [-0.15, -0.1) is 0 Å². The van der Waals surface area contributed by atoms with Crippen LogP contribution >= 0.6 is 0 Å². The van der Waals surface area contributed by atoms with E-state index in [1.165, 1.54) is 19.1 Å². The molecule has 8 heteroatoms. The van der Waals surface area contributed by atoms with Crippen LogP contribution in [0.15, 0.2) is 23.7 Å². The van der Waals surface area contributed by atoms with Gasteiger partial charge in [-0.3, -0.25) is 4.79 Å². The van der Waals surface area contributed by atoms with Crippen molar-refractivity contribution in [3.63, 3.8) is 0 Å². The average Bonchev–Trinajstić information content (AvgIpc) is 2.72. The zero-order valence-corrected chi connectivity index (χ0v) is 15.6. The lowest BCUT2D eigenvalue weighted by atomic mass is 9.76. The van der Waals surface area contributed by atoms with Gasteiger partial charge in [0.2, 0.25) is 5.91 Å². The number of amides is 1. The molecule has 2 N–H and O–H groups in total. The molecule has 1 amide bonds. The number of hydrogen-bond donors (Lipinski definition) is 2. The van der Waals surface area contributed by atoms with Crippen molar-refractivity contribution >= 4 is 25.1 Å². The molecule has 1 heterocycles. The van der Waals surface area contributed by atoms with Crippen LogP contribution in [-0.2, 0) is 14.1 Å². The van der Waals surface area contributed by atoms with Gasteiger partial charge in [0.25, 0.3) is 0 Å². The largest absolute Gasteiger partial charge is 0.492 e. The molecule has 1 aromatic rings. The smallest absolute Gasteiger partial charge is 0.478 e. The van der Waals surface area contributed by atoms with Crippen LogP contribution in [0.1, 0.15) is 50.5 Å². The van der Waals surface area contributed by atoms with Crippen molar-refractivity contribution in [1.29, 1.82) is 0 Å². The van der Waals surface area contributed by atoms with Crippen molar-refractivity contribution in [1.82, 2.24) is 5.32 Å². The molecule has 1 aliphatic rings. The third-order valence-electron chi connectivity index (χ3n) is 4.68. The van der Waals surface area contributed by atoms with E-state index in [0.717, 1.165) is 6.07 Å². The molecule has 0 radical (unpaired) electrons. The Bertz CT molecular complexity index is 744. The van der Waals surface area contributed by atoms with Crippen LogP contribution < -0.4 is 5.32 Å². The molecule has 26 heavy (non-hydrogen) atoms. The average molecular weight is 363 g/mol. The van der Waals surface area contributed by atoms with Gasteiger partial charge >= 0.3 is 13.1 Å². The first kappa shape index (κ1) is 20.1. The lowest BCUT2D eigenvalue weighted by Crippen LogP contribution is -2.41. The molecule has 0 atom stereocenters. The van der Waals surface area contributed by atoms with E-state index in [-0.39, 0.29) is 18.0 Å². The summed E-state index contributed by atoms with van der Waals surface area (Å²) in [5.74, 6) is -2.13. The second-order valence-corrected chi connectivity index (χ2v) is 7.25. The number of carboxylic acids is 1. The molecule has 6 nitrogen and oxygen atoms in total. The molecule has 0 bridgehead atoms. The maximum Gasteiger partial charge on any atom is 0.492 e. The summed E-state index contributed by atoms with van der Waals surface area (Å²) in [6.45, 7) is 9.06. The normalized spacial score (nSPS) is 18.7. The number of carbonyl (C=O) groups is 2. The predicted molar refractivity (Wildman–Crippen MR) is 96.1 cm³/mol. The number of rotatable bonds is 5. The van der Waals surface area contributed by atoms with Crippen LogP contribution in [-0.4, -0.2) is 41.8 Å². The number of benzene rings is 1. The van der Waals surface area contributed by atoms with E-state index >= 15 is 0 Å². The molecule has 1 saturated heterocycles. The van der Waals surface area contributed by atoms with Crippen molar-refractivity contribution in [3.05, 3.63) is 40.6 Å². The quantitative estimate of drug-likeness (QED) is 0.786. The molecule has 2 rings (SSSR count). The first-order chi connectivity index (χ1) is 11.9. The van der Waals surface area contributed by atoms with Crippen LogP contribution in [0.4, 0.5) is 4.39 Å². The van der Waals surface area contributed by atoms with Crippen LogP contribution in [0.5, 0.6) is 0 Å². The Balaban J connectivity index is 2.45. The Labute approximate surface area is 152 Å². The van der Waals surface area contributed by atoms with E-state index in [9.17, 15) is 19.1 Å². The zero-order valence-electron chi connectivity index (χ0n) is 15.6. The van der Waals surface area contributed by atoms with Gasteiger partial charge in [0, 0.05) is 13.5 Å². The highest BCUT2D eigenvalue weighted by molar-refractivity contribution is 6.56. The third kappa shape index (κ3) is 4.31. The maximum absolute atomic E-state index is 13.4. The highest BCUT2D eigenvalue weighted by Gasteiger charge is 2.52. The fraction of sp³-hybridized carbons (Fsp3) is 0.444. The summed E-state index contributed by atoms with van der Waals surface area (Å²) in [7, 11) is -0.765. The Hall–Kier alpha value is -2.19. The second kappa shape index (κ2) is 7.21. The second-order valence-electron chi connectivity index (χ2n) is 7.25. The van der Waals surface area contributed by atoms with Gasteiger partial charge in [0.15, 0.2) is 0 Å². The topological polar surface area (TPSA) is 84.9 Å². The summed E-state index contributed by atoms with van der Waals surface area (Å²) in [5.41, 5.74) is -0.527. The van der Waals surface area contributed by atoms with Crippen molar-refractivity contribution < 1.29 is 28.4 Å². The molecule has 0 unspecified atom stereocenters. The summed E-state index contributed by atoms with van der Waals surface area (Å²) >= 11 is 0. The minimum atomic E-state index is -1.25. The molecule has 140 valence electrons. The van der Waals surface area contributed by atoms with Gasteiger partial charge in [-0.05, 0) is 50.9 Å². The molecule has 0 aromatic heterocycles. The molecule has 1 fully saturated rings. The number of nitrogens with one attached hydrogen (secondary N) is 1. The molecule has 0 spiro atoms. The summed E-state index contributed by atoms with van der Waals surface area (Å²) < 4.78 is 25.4. The number of carboxylic acid groups (broad SMARTS) is 1. The summed E-state index contributed by atoms with van der Waals surface area (Å²) in [4.78, 5) is 22.7. The van der Waals surface area contributed by atoms with Crippen LogP contribution in [0.25, 0.3) is 6.08 Å². The van der Waals surface area contributed by atoms with E-state index in [1.54, 1.807) is 6.08 Å². The minimum absolute atomic E-state index is 0.114. The number of aromatic carboxylic acids is 1. The molecule has 1 aromatic carbocycles. The lowest BCUT2D eigenvalue weighted by molar-refractivity contribution is -0.118.